The number of nitrogens with one attached hydrogen (secondary N) is 1. The molecular formula is C10H13N5O2. The quantitative estimate of drug-likeness (QED) is 0.769. The molecule has 0 bridgehead atoms. The average molecular weight is 235 g/mol. The summed E-state index contributed by atoms with van der Waals surface area (Å²) in [5.41, 5.74) is 0.751. The van der Waals surface area contributed by atoms with E-state index in [1.54, 1.807) is 10.9 Å². The monoisotopic (exact) mass is 235 g/mol. The minimum atomic E-state index is -0.256. The van der Waals surface area contributed by atoms with Crippen molar-refractivity contribution in [3.05, 3.63) is 12.5 Å². The van der Waals surface area contributed by atoms with E-state index in [0.29, 0.717) is 18.8 Å². The van der Waals surface area contributed by atoms with Gasteiger partial charge in [0.05, 0.1) is 25.1 Å². The molecule has 0 aromatic carbocycles. The summed E-state index contributed by atoms with van der Waals surface area (Å²) in [5, 5.41) is 7.99. The van der Waals surface area contributed by atoms with Crippen molar-refractivity contribution in [1.29, 1.82) is 0 Å². The predicted molar refractivity (Wildman–Crippen MR) is 61.4 cm³/mol. The first-order chi connectivity index (χ1) is 8.22. The lowest BCUT2D eigenvalue weighted by atomic mass is 10.3. The minimum absolute atomic E-state index is 0.256. The molecular weight excluding hydrogens is 222 g/mol. The van der Waals surface area contributed by atoms with Gasteiger partial charge in [0.2, 0.25) is 0 Å². The summed E-state index contributed by atoms with van der Waals surface area (Å²) in [7, 11) is 3.18. The van der Waals surface area contributed by atoms with Gasteiger partial charge in [-0.1, -0.05) is 0 Å². The van der Waals surface area contributed by atoms with E-state index in [2.05, 4.69) is 25.1 Å². The molecule has 0 fully saturated rings. The fourth-order valence-electron chi connectivity index (χ4n) is 1.49. The molecule has 1 N–H and O–H groups in total. The Morgan fingerprint density at radius 3 is 3.12 bits per heavy atom. The molecule has 0 unspecified atom stereocenters. The molecule has 0 saturated carbocycles. The van der Waals surface area contributed by atoms with Crippen molar-refractivity contribution >= 4 is 22.8 Å². The Morgan fingerprint density at radius 2 is 2.35 bits per heavy atom. The number of hydrogen-bond donors (Lipinski definition) is 1. The van der Waals surface area contributed by atoms with Gasteiger partial charge in [-0.2, -0.15) is 5.10 Å². The van der Waals surface area contributed by atoms with E-state index < -0.39 is 0 Å². The van der Waals surface area contributed by atoms with Gasteiger partial charge >= 0.3 is 5.97 Å². The van der Waals surface area contributed by atoms with Gasteiger partial charge in [0.1, 0.15) is 12.1 Å². The van der Waals surface area contributed by atoms with E-state index in [1.165, 1.54) is 13.4 Å². The van der Waals surface area contributed by atoms with Crippen molar-refractivity contribution < 1.29 is 9.53 Å². The SMILES string of the molecule is COC(=O)CCNc1ncnc2c1cnn2C. The zero-order valence-electron chi connectivity index (χ0n) is 9.67. The van der Waals surface area contributed by atoms with Crippen molar-refractivity contribution in [2.45, 2.75) is 6.42 Å². The third kappa shape index (κ3) is 2.32. The van der Waals surface area contributed by atoms with E-state index in [4.69, 9.17) is 0 Å². The molecule has 0 aliphatic rings. The van der Waals surface area contributed by atoms with Crippen LogP contribution in [0.3, 0.4) is 0 Å². The van der Waals surface area contributed by atoms with Crippen LogP contribution in [0.25, 0.3) is 11.0 Å². The average Bonchev–Trinajstić information content (AvgIpc) is 2.72. The first-order valence-corrected chi connectivity index (χ1v) is 5.15. The van der Waals surface area contributed by atoms with Gasteiger partial charge in [-0.05, 0) is 0 Å². The van der Waals surface area contributed by atoms with Crippen LogP contribution in [0, 0.1) is 0 Å². The van der Waals surface area contributed by atoms with Crippen LogP contribution in [-0.4, -0.2) is 39.4 Å². The molecule has 0 saturated heterocycles. The van der Waals surface area contributed by atoms with Crippen molar-refractivity contribution in [2.24, 2.45) is 7.05 Å². The Morgan fingerprint density at radius 1 is 1.53 bits per heavy atom. The van der Waals surface area contributed by atoms with E-state index in [9.17, 15) is 4.79 Å². The van der Waals surface area contributed by atoms with E-state index in [-0.39, 0.29) is 5.97 Å². The van der Waals surface area contributed by atoms with Crippen LogP contribution in [0.2, 0.25) is 0 Å². The fourth-order valence-corrected chi connectivity index (χ4v) is 1.49. The Labute approximate surface area is 97.8 Å². The van der Waals surface area contributed by atoms with Gasteiger partial charge in [0.25, 0.3) is 0 Å². The Hall–Kier alpha value is -2.18. The van der Waals surface area contributed by atoms with Gasteiger partial charge < -0.3 is 10.1 Å². The first-order valence-electron chi connectivity index (χ1n) is 5.15. The Balaban J connectivity index is 2.11. The fraction of sp³-hybridized carbons (Fsp3) is 0.400. The predicted octanol–water partition coefficient (Wildman–Crippen LogP) is 0.338. The molecule has 0 radical (unpaired) electrons. The largest absolute Gasteiger partial charge is 0.469 e. The lowest BCUT2D eigenvalue weighted by Crippen LogP contribution is -2.10. The van der Waals surface area contributed by atoms with Gasteiger partial charge in [0, 0.05) is 13.6 Å². The van der Waals surface area contributed by atoms with Crippen LogP contribution in [0.5, 0.6) is 0 Å². The third-order valence-electron chi connectivity index (χ3n) is 2.38. The molecule has 7 nitrogen and oxygen atoms in total. The second-order valence-electron chi connectivity index (χ2n) is 3.48. The first kappa shape index (κ1) is 11.3. The second-order valence-corrected chi connectivity index (χ2v) is 3.48. The van der Waals surface area contributed by atoms with Gasteiger partial charge in [-0.15, -0.1) is 0 Å². The van der Waals surface area contributed by atoms with Crippen LogP contribution in [-0.2, 0) is 16.6 Å². The molecule has 2 rings (SSSR count). The highest BCUT2D eigenvalue weighted by atomic mass is 16.5. The van der Waals surface area contributed by atoms with Gasteiger partial charge in [0.15, 0.2) is 5.65 Å². The van der Waals surface area contributed by atoms with Crippen LogP contribution in [0.4, 0.5) is 5.82 Å². The molecule has 2 heterocycles. The molecule has 90 valence electrons. The van der Waals surface area contributed by atoms with Crippen LogP contribution in [0.1, 0.15) is 6.42 Å². The number of ether oxygens (including phenoxy) is 1. The van der Waals surface area contributed by atoms with Crippen molar-refractivity contribution in [2.75, 3.05) is 19.0 Å². The highest BCUT2D eigenvalue weighted by Crippen LogP contribution is 2.17. The summed E-state index contributed by atoms with van der Waals surface area (Å²) in [6, 6.07) is 0. The summed E-state index contributed by atoms with van der Waals surface area (Å²) < 4.78 is 6.22. The smallest absolute Gasteiger partial charge is 0.307 e. The highest BCUT2D eigenvalue weighted by molar-refractivity contribution is 5.86. The number of aromatic nitrogens is 4. The number of nitrogens with zero attached hydrogens (tertiary/aromatic N) is 4. The topological polar surface area (TPSA) is 81.9 Å². The number of carbonyl (C=O) groups excluding carboxylic acids is 1. The van der Waals surface area contributed by atoms with E-state index >= 15 is 0 Å². The number of rotatable bonds is 4. The molecule has 7 heteroatoms. The summed E-state index contributed by atoms with van der Waals surface area (Å²) in [6.07, 6.45) is 3.45. The summed E-state index contributed by atoms with van der Waals surface area (Å²) in [5.74, 6) is 0.418. The summed E-state index contributed by atoms with van der Waals surface area (Å²) in [4.78, 5) is 19.2. The van der Waals surface area contributed by atoms with Gasteiger partial charge in [-0.25, -0.2) is 9.97 Å². The number of methoxy groups -OCH3 is 1. The lowest BCUT2D eigenvalue weighted by Gasteiger charge is -2.05. The standard InChI is InChI=1S/C10H13N5O2/c1-15-10-7(5-14-15)9(12-6-13-10)11-4-3-8(16)17-2/h5-6H,3-4H2,1-2H3,(H,11,12,13). The Bertz CT molecular complexity index is 536. The van der Waals surface area contributed by atoms with Crippen LogP contribution < -0.4 is 5.32 Å². The highest BCUT2D eigenvalue weighted by Gasteiger charge is 2.07. The number of aryl methyl sites for hydroxylation is 1. The van der Waals surface area contributed by atoms with Crippen molar-refractivity contribution in [3.8, 4) is 0 Å². The molecule has 0 aliphatic carbocycles. The lowest BCUT2D eigenvalue weighted by molar-refractivity contribution is -0.140. The maximum atomic E-state index is 11.0. The van der Waals surface area contributed by atoms with E-state index in [0.717, 1.165) is 11.0 Å². The zero-order chi connectivity index (χ0) is 12.3. The van der Waals surface area contributed by atoms with Crippen LogP contribution in [0.15, 0.2) is 12.5 Å². The maximum absolute atomic E-state index is 11.0. The molecule has 0 spiro atoms. The number of fused-ring (bicyclic) bond motifs is 1. The van der Waals surface area contributed by atoms with Crippen molar-refractivity contribution in [1.82, 2.24) is 19.7 Å². The van der Waals surface area contributed by atoms with Crippen LogP contribution >= 0.6 is 0 Å². The molecule has 2 aromatic heterocycles. The normalized spacial score (nSPS) is 10.5. The Kier molecular flexibility index (Phi) is 3.17. The second kappa shape index (κ2) is 4.77. The molecule has 17 heavy (non-hydrogen) atoms. The van der Waals surface area contributed by atoms with Gasteiger partial charge in [-0.3, -0.25) is 9.48 Å². The maximum Gasteiger partial charge on any atom is 0.307 e. The summed E-state index contributed by atoms with van der Waals surface area (Å²) in [6.45, 7) is 0.466. The zero-order valence-corrected chi connectivity index (χ0v) is 9.67. The third-order valence-corrected chi connectivity index (χ3v) is 2.38. The van der Waals surface area contributed by atoms with Crippen molar-refractivity contribution in [3.63, 3.8) is 0 Å². The molecule has 0 atom stereocenters. The summed E-state index contributed by atoms with van der Waals surface area (Å²) >= 11 is 0. The molecule has 0 amide bonds. The molecule has 0 aliphatic heterocycles. The number of esters is 1. The molecule has 2 aromatic rings. The van der Waals surface area contributed by atoms with E-state index in [1.807, 2.05) is 7.05 Å². The number of hydrogen-bond acceptors (Lipinski definition) is 6. The number of anilines is 1. The number of carbonyl (C=O) groups is 1. The minimum Gasteiger partial charge on any atom is -0.469 e.